The zero-order valence-electron chi connectivity index (χ0n) is 13.5. The van der Waals surface area contributed by atoms with Gasteiger partial charge in [0, 0.05) is 30.4 Å². The van der Waals surface area contributed by atoms with Crippen LogP contribution in [0.15, 0.2) is 6.07 Å². The normalized spacial score (nSPS) is 18.9. The van der Waals surface area contributed by atoms with Crippen LogP contribution in [0.3, 0.4) is 0 Å². The van der Waals surface area contributed by atoms with Crippen molar-refractivity contribution in [2.24, 2.45) is 11.7 Å². The molecule has 1 saturated heterocycles. The molecule has 0 spiro atoms. The molecule has 1 unspecified atom stereocenters. The largest absolute Gasteiger partial charge is 0.369 e. The van der Waals surface area contributed by atoms with Crippen molar-refractivity contribution in [3.05, 3.63) is 23.0 Å². The standard InChI is InChI=1S/C16H23N5O/c1-4-13-8-14(20-7-5-6-12(9-20)15(17)22)21-16(18-13)10(2)11(3)19-21/h8,12H,4-7,9H2,1-3H3,(H2,17,22). The molecule has 118 valence electrons. The molecule has 2 N–H and O–H groups in total. The van der Waals surface area contributed by atoms with Gasteiger partial charge in [0.15, 0.2) is 5.65 Å². The third-order valence-electron chi connectivity index (χ3n) is 4.60. The molecule has 1 atom stereocenters. The lowest BCUT2D eigenvalue weighted by Gasteiger charge is -2.33. The number of carbonyl (C=O) groups is 1. The number of carbonyl (C=O) groups excluding carboxylic acids is 1. The molecule has 3 rings (SSSR count). The van der Waals surface area contributed by atoms with Crippen molar-refractivity contribution in [3.63, 3.8) is 0 Å². The number of aromatic nitrogens is 3. The van der Waals surface area contributed by atoms with E-state index in [1.165, 1.54) is 0 Å². The number of fused-ring (bicyclic) bond motifs is 1. The average molecular weight is 301 g/mol. The van der Waals surface area contributed by atoms with Crippen LogP contribution in [0.1, 0.15) is 36.7 Å². The number of primary amides is 1. The lowest BCUT2D eigenvalue weighted by molar-refractivity contribution is -0.122. The van der Waals surface area contributed by atoms with Gasteiger partial charge in [0.1, 0.15) is 5.82 Å². The van der Waals surface area contributed by atoms with E-state index >= 15 is 0 Å². The predicted octanol–water partition coefficient (Wildman–Crippen LogP) is 1.61. The van der Waals surface area contributed by atoms with Crippen LogP contribution in [0, 0.1) is 19.8 Å². The van der Waals surface area contributed by atoms with Crippen molar-refractivity contribution in [2.75, 3.05) is 18.0 Å². The van der Waals surface area contributed by atoms with E-state index in [9.17, 15) is 4.79 Å². The van der Waals surface area contributed by atoms with Crippen molar-refractivity contribution < 1.29 is 4.79 Å². The van der Waals surface area contributed by atoms with Crippen molar-refractivity contribution in [1.29, 1.82) is 0 Å². The molecule has 1 amide bonds. The Morgan fingerprint density at radius 1 is 1.45 bits per heavy atom. The van der Waals surface area contributed by atoms with Crippen molar-refractivity contribution >= 4 is 17.4 Å². The van der Waals surface area contributed by atoms with Crippen molar-refractivity contribution in [3.8, 4) is 0 Å². The third-order valence-corrected chi connectivity index (χ3v) is 4.60. The fourth-order valence-corrected chi connectivity index (χ4v) is 3.09. The van der Waals surface area contributed by atoms with Crippen LogP contribution in [0.25, 0.3) is 5.65 Å². The molecule has 0 radical (unpaired) electrons. The fraction of sp³-hybridized carbons (Fsp3) is 0.562. The number of hydrogen-bond acceptors (Lipinski definition) is 4. The Hall–Kier alpha value is -2.11. The summed E-state index contributed by atoms with van der Waals surface area (Å²) in [6, 6.07) is 2.09. The van der Waals surface area contributed by atoms with Crippen LogP contribution < -0.4 is 10.6 Å². The second kappa shape index (κ2) is 5.59. The highest BCUT2D eigenvalue weighted by Crippen LogP contribution is 2.26. The first-order valence-corrected chi connectivity index (χ1v) is 7.91. The molecule has 0 aliphatic carbocycles. The molecule has 22 heavy (non-hydrogen) atoms. The molecule has 0 aromatic carbocycles. The summed E-state index contributed by atoms with van der Waals surface area (Å²) in [7, 11) is 0. The highest BCUT2D eigenvalue weighted by Gasteiger charge is 2.26. The van der Waals surface area contributed by atoms with Crippen LogP contribution in [0.4, 0.5) is 5.82 Å². The summed E-state index contributed by atoms with van der Waals surface area (Å²) in [4.78, 5) is 18.5. The van der Waals surface area contributed by atoms with Gasteiger partial charge in [-0.1, -0.05) is 6.92 Å². The van der Waals surface area contributed by atoms with E-state index in [1.54, 1.807) is 0 Å². The molecule has 1 aliphatic rings. The number of rotatable bonds is 3. The Bertz CT molecular complexity index is 721. The first-order chi connectivity index (χ1) is 10.5. The summed E-state index contributed by atoms with van der Waals surface area (Å²) in [5, 5.41) is 4.63. The van der Waals surface area contributed by atoms with Crippen molar-refractivity contribution in [1.82, 2.24) is 14.6 Å². The minimum Gasteiger partial charge on any atom is -0.369 e. The van der Waals surface area contributed by atoms with E-state index in [-0.39, 0.29) is 11.8 Å². The first kappa shape index (κ1) is 14.8. The second-order valence-corrected chi connectivity index (χ2v) is 6.09. The Balaban J connectivity index is 2.09. The maximum Gasteiger partial charge on any atom is 0.222 e. The van der Waals surface area contributed by atoms with Gasteiger partial charge in [-0.05, 0) is 33.1 Å². The molecule has 2 aromatic heterocycles. The summed E-state index contributed by atoms with van der Waals surface area (Å²) in [6.07, 6.45) is 2.72. The Kier molecular flexibility index (Phi) is 3.76. The van der Waals surface area contributed by atoms with Gasteiger partial charge in [0.25, 0.3) is 0 Å². The molecule has 1 fully saturated rings. The molecule has 0 saturated carbocycles. The monoisotopic (exact) mass is 301 g/mol. The Morgan fingerprint density at radius 2 is 2.23 bits per heavy atom. The van der Waals surface area contributed by atoms with Crippen LogP contribution in [-0.4, -0.2) is 33.6 Å². The number of aryl methyl sites for hydroxylation is 3. The lowest BCUT2D eigenvalue weighted by Crippen LogP contribution is -2.42. The van der Waals surface area contributed by atoms with Gasteiger partial charge >= 0.3 is 0 Å². The summed E-state index contributed by atoms with van der Waals surface area (Å²) < 4.78 is 1.91. The summed E-state index contributed by atoms with van der Waals surface area (Å²) in [5.74, 6) is 0.724. The summed E-state index contributed by atoms with van der Waals surface area (Å²) in [6.45, 7) is 7.74. The quantitative estimate of drug-likeness (QED) is 0.934. The van der Waals surface area contributed by atoms with Crippen LogP contribution in [0.5, 0.6) is 0 Å². The smallest absolute Gasteiger partial charge is 0.222 e. The number of piperidine rings is 1. The van der Waals surface area contributed by atoms with E-state index in [4.69, 9.17) is 10.7 Å². The highest BCUT2D eigenvalue weighted by atomic mass is 16.1. The van der Waals surface area contributed by atoms with E-state index in [0.29, 0.717) is 6.54 Å². The molecule has 2 aromatic rings. The maximum atomic E-state index is 11.5. The summed E-state index contributed by atoms with van der Waals surface area (Å²) >= 11 is 0. The number of hydrogen-bond donors (Lipinski definition) is 1. The fourth-order valence-electron chi connectivity index (χ4n) is 3.09. The van der Waals surface area contributed by atoms with Gasteiger partial charge < -0.3 is 10.6 Å². The van der Waals surface area contributed by atoms with E-state index < -0.39 is 0 Å². The molecule has 0 bridgehead atoms. The molecule has 1 aliphatic heterocycles. The van der Waals surface area contributed by atoms with Crippen LogP contribution >= 0.6 is 0 Å². The third kappa shape index (κ3) is 2.42. The van der Waals surface area contributed by atoms with E-state index in [2.05, 4.69) is 29.9 Å². The zero-order valence-corrected chi connectivity index (χ0v) is 13.5. The van der Waals surface area contributed by atoms with Gasteiger partial charge in [0.05, 0.1) is 11.6 Å². The van der Waals surface area contributed by atoms with Gasteiger partial charge in [0.2, 0.25) is 5.91 Å². The number of nitrogens with zero attached hydrogens (tertiary/aromatic N) is 4. The average Bonchev–Trinajstić information content (AvgIpc) is 2.81. The van der Waals surface area contributed by atoms with Gasteiger partial charge in [-0.15, -0.1) is 0 Å². The van der Waals surface area contributed by atoms with E-state index in [0.717, 1.165) is 54.2 Å². The Labute approximate surface area is 130 Å². The molecule has 3 heterocycles. The van der Waals surface area contributed by atoms with Gasteiger partial charge in [-0.25, -0.2) is 4.98 Å². The number of amides is 1. The molecule has 6 heteroatoms. The predicted molar refractivity (Wildman–Crippen MR) is 86.0 cm³/mol. The second-order valence-electron chi connectivity index (χ2n) is 6.09. The minimum atomic E-state index is -0.210. The first-order valence-electron chi connectivity index (χ1n) is 7.91. The number of anilines is 1. The molecular formula is C16H23N5O. The minimum absolute atomic E-state index is 0.0835. The highest BCUT2D eigenvalue weighted by molar-refractivity contribution is 5.77. The van der Waals surface area contributed by atoms with Gasteiger partial charge in [-0.2, -0.15) is 9.61 Å². The number of nitrogens with two attached hydrogens (primary N) is 1. The molecule has 6 nitrogen and oxygen atoms in total. The lowest BCUT2D eigenvalue weighted by atomic mass is 9.97. The maximum absolute atomic E-state index is 11.5. The summed E-state index contributed by atoms with van der Waals surface area (Å²) in [5.41, 5.74) is 9.56. The van der Waals surface area contributed by atoms with Crippen LogP contribution in [0.2, 0.25) is 0 Å². The Morgan fingerprint density at radius 3 is 2.91 bits per heavy atom. The topological polar surface area (TPSA) is 76.5 Å². The van der Waals surface area contributed by atoms with Crippen LogP contribution in [-0.2, 0) is 11.2 Å². The van der Waals surface area contributed by atoms with Gasteiger partial charge in [-0.3, -0.25) is 4.79 Å². The van der Waals surface area contributed by atoms with Crippen molar-refractivity contribution in [2.45, 2.75) is 40.0 Å². The van der Waals surface area contributed by atoms with E-state index in [1.807, 2.05) is 11.4 Å². The zero-order chi connectivity index (χ0) is 15.9. The molecular weight excluding hydrogens is 278 g/mol. The SMILES string of the molecule is CCc1cc(N2CCCC(C(N)=O)C2)n2nc(C)c(C)c2n1.